The summed E-state index contributed by atoms with van der Waals surface area (Å²) in [6.07, 6.45) is 2.28. The van der Waals surface area contributed by atoms with E-state index in [1.807, 2.05) is 26.8 Å². The minimum Gasteiger partial charge on any atom is -0.507 e. The lowest BCUT2D eigenvalue weighted by Crippen LogP contribution is -2.37. The molecule has 3 heterocycles. The van der Waals surface area contributed by atoms with Gasteiger partial charge in [-0.25, -0.2) is 0 Å². The number of ether oxygens (including phenoxy) is 2. The molecule has 1 amide bonds. The van der Waals surface area contributed by atoms with Crippen molar-refractivity contribution in [3.8, 4) is 11.5 Å². The Bertz CT molecular complexity index is 1140. The molecule has 8 heteroatoms. The number of aliphatic hydroxyl groups excluding tert-OH is 1. The zero-order chi connectivity index (χ0) is 24.6. The molecule has 8 nitrogen and oxygen atoms in total. The van der Waals surface area contributed by atoms with Crippen molar-refractivity contribution >= 4 is 17.4 Å². The number of carbonyl (C=O) groups excluding carboxylic acids is 2. The molecular formula is C26H33N3O5. The smallest absolute Gasteiger partial charge is 0.295 e. The summed E-state index contributed by atoms with van der Waals surface area (Å²) in [7, 11) is 3.10. The molecule has 0 bridgehead atoms. The molecule has 2 aliphatic heterocycles. The van der Waals surface area contributed by atoms with Crippen LogP contribution in [0.15, 0.2) is 23.8 Å². The summed E-state index contributed by atoms with van der Waals surface area (Å²) in [4.78, 5) is 33.7. The van der Waals surface area contributed by atoms with Gasteiger partial charge in [0, 0.05) is 30.0 Å². The van der Waals surface area contributed by atoms with E-state index in [0.29, 0.717) is 35.7 Å². The highest BCUT2D eigenvalue weighted by molar-refractivity contribution is 6.46. The zero-order valence-electron chi connectivity index (χ0n) is 20.5. The minimum absolute atomic E-state index is 0.101. The van der Waals surface area contributed by atoms with E-state index in [9.17, 15) is 14.7 Å². The molecule has 0 radical (unpaired) electrons. The number of nitrogens with one attached hydrogen (secondary N) is 1. The topological polar surface area (TPSA) is 95.1 Å². The fourth-order valence-electron chi connectivity index (χ4n) is 5.13. The number of ketones is 1. The third-order valence-corrected chi connectivity index (χ3v) is 7.04. The second-order valence-corrected chi connectivity index (χ2v) is 9.03. The number of methoxy groups -OCH3 is 2. The van der Waals surface area contributed by atoms with Crippen molar-refractivity contribution in [1.29, 1.82) is 0 Å². The summed E-state index contributed by atoms with van der Waals surface area (Å²) in [5.74, 6) is -0.371. The Hall–Kier alpha value is -3.26. The summed E-state index contributed by atoms with van der Waals surface area (Å²) in [5.41, 5.74) is 3.86. The number of nitrogens with zero attached hydrogens (tertiary/aromatic N) is 2. The Balaban J connectivity index is 1.84. The van der Waals surface area contributed by atoms with Crippen LogP contribution in [0.25, 0.3) is 5.76 Å². The fraction of sp³-hybridized carbons (Fsp3) is 0.462. The highest BCUT2D eigenvalue weighted by atomic mass is 16.5. The molecule has 1 aromatic heterocycles. The molecule has 2 N–H and O–H groups in total. The lowest BCUT2D eigenvalue weighted by molar-refractivity contribution is -0.140. The van der Waals surface area contributed by atoms with Gasteiger partial charge in [-0.1, -0.05) is 6.07 Å². The normalized spacial score (nSPS) is 20.4. The average Bonchev–Trinajstić information content (AvgIpc) is 3.50. The minimum atomic E-state index is -0.726. The van der Waals surface area contributed by atoms with Crippen molar-refractivity contribution in [1.82, 2.24) is 14.8 Å². The van der Waals surface area contributed by atoms with E-state index in [1.165, 1.54) is 0 Å². The number of aryl methyl sites for hydroxylation is 2. The predicted molar refractivity (Wildman–Crippen MR) is 129 cm³/mol. The number of likely N-dealkylation sites (tertiary alicyclic amines) is 2. The molecule has 34 heavy (non-hydrogen) atoms. The molecule has 2 aliphatic rings. The van der Waals surface area contributed by atoms with Crippen molar-refractivity contribution in [3.63, 3.8) is 0 Å². The van der Waals surface area contributed by atoms with Crippen LogP contribution in [-0.4, -0.2) is 72.0 Å². The highest BCUT2D eigenvalue weighted by Crippen LogP contribution is 2.42. The number of rotatable bonds is 7. The van der Waals surface area contributed by atoms with Crippen molar-refractivity contribution in [3.05, 3.63) is 51.9 Å². The van der Waals surface area contributed by atoms with E-state index in [0.717, 1.165) is 42.9 Å². The van der Waals surface area contributed by atoms with Gasteiger partial charge in [0.1, 0.15) is 5.76 Å². The molecule has 2 aromatic rings. The van der Waals surface area contributed by atoms with E-state index in [1.54, 1.807) is 31.3 Å². The lowest BCUT2D eigenvalue weighted by atomic mass is 9.94. The van der Waals surface area contributed by atoms with Gasteiger partial charge in [-0.3, -0.25) is 9.59 Å². The van der Waals surface area contributed by atoms with Crippen molar-refractivity contribution < 1.29 is 24.2 Å². The summed E-state index contributed by atoms with van der Waals surface area (Å²) in [5, 5.41) is 11.4. The molecule has 1 unspecified atom stereocenters. The summed E-state index contributed by atoms with van der Waals surface area (Å²) in [6.45, 7) is 8.72. The van der Waals surface area contributed by atoms with Crippen LogP contribution in [0, 0.1) is 20.8 Å². The number of aliphatic hydroxyl groups is 1. The number of H-pyrrole nitrogens is 1. The first-order valence-electron chi connectivity index (χ1n) is 11.7. The van der Waals surface area contributed by atoms with E-state index in [4.69, 9.17) is 9.47 Å². The second-order valence-electron chi connectivity index (χ2n) is 9.03. The number of benzene rings is 1. The largest absolute Gasteiger partial charge is 0.507 e. The van der Waals surface area contributed by atoms with Gasteiger partial charge < -0.3 is 29.4 Å². The molecule has 0 spiro atoms. The Morgan fingerprint density at radius 1 is 1.03 bits per heavy atom. The number of aromatic nitrogens is 1. The number of Topliss-reactive ketones (excluding diaryl/α,β-unsaturated/α-hetero) is 1. The van der Waals surface area contributed by atoms with Crippen LogP contribution >= 0.6 is 0 Å². The quantitative estimate of drug-likeness (QED) is 0.368. The van der Waals surface area contributed by atoms with Gasteiger partial charge in [0.15, 0.2) is 11.5 Å². The van der Waals surface area contributed by atoms with Crippen LogP contribution in [0.4, 0.5) is 0 Å². The average molecular weight is 468 g/mol. The molecule has 1 atom stereocenters. The molecule has 1 aromatic carbocycles. The molecular weight excluding hydrogens is 434 g/mol. The number of hydrogen-bond donors (Lipinski definition) is 2. The SMILES string of the molecule is COc1ccc(C2/C(=C(\O)c3c(C)[nH]c(C)c3C)C(=O)C(=O)N2CCN2CCCC2)cc1OC. The first kappa shape index (κ1) is 23.9. The van der Waals surface area contributed by atoms with Crippen LogP contribution in [0.2, 0.25) is 0 Å². The maximum Gasteiger partial charge on any atom is 0.295 e. The van der Waals surface area contributed by atoms with Gasteiger partial charge in [0.25, 0.3) is 11.7 Å². The Morgan fingerprint density at radius 3 is 2.29 bits per heavy atom. The number of hydrogen-bond acceptors (Lipinski definition) is 6. The van der Waals surface area contributed by atoms with Gasteiger partial charge in [-0.05, 0) is 70.0 Å². The standard InChI is InChI=1S/C26H33N3O5/c1-15-16(2)27-17(3)21(15)24(30)22-23(18-8-9-19(33-4)20(14-18)34-5)29(26(32)25(22)31)13-12-28-10-6-7-11-28/h8-9,14,23,27,30H,6-7,10-13H2,1-5H3/b24-22+. The molecule has 182 valence electrons. The maximum atomic E-state index is 13.3. The van der Waals surface area contributed by atoms with Gasteiger partial charge in [-0.2, -0.15) is 0 Å². The van der Waals surface area contributed by atoms with Crippen molar-refractivity contribution in [2.24, 2.45) is 0 Å². The fourth-order valence-corrected chi connectivity index (χ4v) is 5.13. The van der Waals surface area contributed by atoms with E-state index < -0.39 is 17.7 Å². The molecule has 0 aliphatic carbocycles. The van der Waals surface area contributed by atoms with Gasteiger partial charge in [-0.15, -0.1) is 0 Å². The summed E-state index contributed by atoms with van der Waals surface area (Å²) < 4.78 is 10.9. The zero-order valence-corrected chi connectivity index (χ0v) is 20.5. The summed E-state index contributed by atoms with van der Waals surface area (Å²) in [6, 6.07) is 4.62. The first-order chi connectivity index (χ1) is 16.3. The van der Waals surface area contributed by atoms with Crippen LogP contribution < -0.4 is 9.47 Å². The number of amides is 1. The molecule has 2 fully saturated rings. The Labute approximate surface area is 200 Å². The Morgan fingerprint density at radius 2 is 1.71 bits per heavy atom. The predicted octanol–water partition coefficient (Wildman–Crippen LogP) is 3.47. The van der Waals surface area contributed by atoms with Crippen LogP contribution in [-0.2, 0) is 9.59 Å². The number of aromatic amines is 1. The molecule has 4 rings (SSSR count). The van der Waals surface area contributed by atoms with E-state index in [2.05, 4.69) is 9.88 Å². The van der Waals surface area contributed by atoms with Gasteiger partial charge >= 0.3 is 0 Å². The summed E-state index contributed by atoms with van der Waals surface area (Å²) >= 11 is 0. The third-order valence-electron chi connectivity index (χ3n) is 7.04. The maximum absolute atomic E-state index is 13.3. The van der Waals surface area contributed by atoms with Crippen LogP contribution in [0.1, 0.15) is 47.0 Å². The highest BCUT2D eigenvalue weighted by Gasteiger charge is 2.46. The van der Waals surface area contributed by atoms with Gasteiger partial charge in [0.2, 0.25) is 0 Å². The van der Waals surface area contributed by atoms with Gasteiger partial charge in [0.05, 0.1) is 25.8 Å². The second kappa shape index (κ2) is 9.54. The number of carbonyl (C=O) groups is 2. The monoisotopic (exact) mass is 467 g/mol. The molecule has 2 saturated heterocycles. The van der Waals surface area contributed by atoms with Crippen LogP contribution in [0.5, 0.6) is 11.5 Å². The van der Waals surface area contributed by atoms with Crippen LogP contribution in [0.3, 0.4) is 0 Å². The van der Waals surface area contributed by atoms with Crippen molar-refractivity contribution in [2.75, 3.05) is 40.4 Å². The van der Waals surface area contributed by atoms with E-state index in [-0.39, 0.29) is 11.3 Å². The van der Waals surface area contributed by atoms with E-state index >= 15 is 0 Å². The Kier molecular flexibility index (Phi) is 6.70. The lowest BCUT2D eigenvalue weighted by Gasteiger charge is -2.28. The molecule has 0 saturated carbocycles. The third kappa shape index (κ3) is 4.07. The van der Waals surface area contributed by atoms with Crippen molar-refractivity contribution in [2.45, 2.75) is 39.7 Å². The first-order valence-corrected chi connectivity index (χ1v) is 11.7.